The van der Waals surface area contributed by atoms with Crippen LogP contribution in [0.15, 0.2) is 115 Å². The van der Waals surface area contributed by atoms with Crippen molar-refractivity contribution in [3.63, 3.8) is 0 Å². The van der Waals surface area contributed by atoms with Gasteiger partial charge in [-0.1, -0.05) is 124 Å². The van der Waals surface area contributed by atoms with Crippen LogP contribution in [0.1, 0.15) is 59.8 Å². The molecule has 0 amide bonds. The molecule has 2 unspecified atom stereocenters. The standard InChI is InChI=1S/C32H30Br4O/c33-25-11-5-9-23(21-25)27(29-13-1-3-17-31(29)35)15-7-19-37-20-8-16-28(24-10-6-12-26(34)22-24)30-14-2-4-18-32(30)36/h1-6,9-14,17-18,21-22,27-28H,7-8,15-16,19-20H2. The Hall–Kier alpha value is -1.24. The van der Waals surface area contributed by atoms with Crippen molar-refractivity contribution >= 4 is 63.7 Å². The molecule has 1 nitrogen and oxygen atoms in total. The molecule has 0 bridgehead atoms. The highest BCUT2D eigenvalue weighted by atomic mass is 79.9. The Morgan fingerprint density at radius 1 is 0.514 bits per heavy atom. The summed E-state index contributed by atoms with van der Waals surface area (Å²) in [6.45, 7) is 1.54. The van der Waals surface area contributed by atoms with Gasteiger partial charge in [-0.15, -0.1) is 0 Å². The van der Waals surface area contributed by atoms with Crippen LogP contribution in [0.25, 0.3) is 0 Å². The minimum absolute atomic E-state index is 0.327. The first kappa shape index (κ1) is 28.8. The third-order valence-corrected chi connectivity index (χ3v) is 9.06. The fourth-order valence-electron chi connectivity index (χ4n) is 4.85. The van der Waals surface area contributed by atoms with Gasteiger partial charge in [0, 0.05) is 42.9 Å². The Labute approximate surface area is 254 Å². The largest absolute Gasteiger partial charge is 0.381 e. The van der Waals surface area contributed by atoms with Crippen molar-refractivity contribution < 1.29 is 4.74 Å². The van der Waals surface area contributed by atoms with Crippen molar-refractivity contribution in [1.82, 2.24) is 0 Å². The Kier molecular flexibility index (Phi) is 11.5. The minimum Gasteiger partial charge on any atom is -0.381 e. The SMILES string of the molecule is Brc1cccc(C(CCCOCCCC(c2cccc(Br)c2)c2ccccc2Br)c2ccccc2Br)c1. The van der Waals surface area contributed by atoms with E-state index in [0.717, 1.165) is 56.8 Å². The summed E-state index contributed by atoms with van der Waals surface area (Å²) in [5.74, 6) is 0.654. The van der Waals surface area contributed by atoms with Crippen LogP contribution < -0.4 is 0 Å². The van der Waals surface area contributed by atoms with E-state index in [-0.39, 0.29) is 0 Å². The second-order valence-electron chi connectivity index (χ2n) is 9.16. The quantitative estimate of drug-likeness (QED) is 0.131. The molecule has 0 saturated carbocycles. The lowest BCUT2D eigenvalue weighted by Crippen LogP contribution is -2.07. The smallest absolute Gasteiger partial charge is 0.0466 e. The van der Waals surface area contributed by atoms with E-state index < -0.39 is 0 Å². The Bertz CT molecular complexity index is 1190. The molecule has 37 heavy (non-hydrogen) atoms. The second-order valence-corrected chi connectivity index (χ2v) is 12.7. The minimum atomic E-state index is 0.327. The van der Waals surface area contributed by atoms with Gasteiger partial charge >= 0.3 is 0 Å². The van der Waals surface area contributed by atoms with Gasteiger partial charge in [-0.2, -0.15) is 0 Å². The molecule has 4 aromatic rings. The average molecular weight is 750 g/mol. The molecule has 0 radical (unpaired) electrons. The summed E-state index contributed by atoms with van der Waals surface area (Å²) in [4.78, 5) is 0. The molecule has 0 aliphatic heterocycles. The summed E-state index contributed by atoms with van der Waals surface area (Å²) in [6.07, 6.45) is 4.10. The predicted octanol–water partition coefficient (Wildman–Crippen LogP) is 11.3. The molecule has 0 spiro atoms. The van der Waals surface area contributed by atoms with Crippen molar-refractivity contribution in [3.05, 3.63) is 137 Å². The van der Waals surface area contributed by atoms with Gasteiger partial charge in [0.15, 0.2) is 0 Å². The maximum absolute atomic E-state index is 6.14. The van der Waals surface area contributed by atoms with E-state index in [2.05, 4.69) is 161 Å². The van der Waals surface area contributed by atoms with Crippen LogP contribution in [0.5, 0.6) is 0 Å². The van der Waals surface area contributed by atoms with E-state index in [9.17, 15) is 0 Å². The van der Waals surface area contributed by atoms with E-state index in [1.54, 1.807) is 0 Å². The first-order valence-corrected chi connectivity index (χ1v) is 15.8. The van der Waals surface area contributed by atoms with Crippen LogP contribution in [0.4, 0.5) is 0 Å². The van der Waals surface area contributed by atoms with Gasteiger partial charge < -0.3 is 4.74 Å². The zero-order chi connectivity index (χ0) is 26.0. The van der Waals surface area contributed by atoms with Gasteiger partial charge in [0.1, 0.15) is 0 Å². The number of rotatable bonds is 12. The summed E-state index contributed by atoms with van der Waals surface area (Å²) in [7, 11) is 0. The third kappa shape index (κ3) is 8.37. The van der Waals surface area contributed by atoms with Crippen LogP contribution in [-0.2, 0) is 4.74 Å². The molecule has 0 aromatic heterocycles. The maximum Gasteiger partial charge on any atom is 0.0466 e. The molecule has 2 atom stereocenters. The lowest BCUT2D eigenvalue weighted by Gasteiger charge is -2.21. The zero-order valence-electron chi connectivity index (χ0n) is 20.6. The first-order valence-electron chi connectivity index (χ1n) is 12.6. The fraction of sp³-hybridized carbons (Fsp3) is 0.250. The van der Waals surface area contributed by atoms with Gasteiger partial charge in [-0.05, 0) is 84.3 Å². The zero-order valence-corrected chi connectivity index (χ0v) is 26.9. The highest BCUT2D eigenvalue weighted by Gasteiger charge is 2.18. The van der Waals surface area contributed by atoms with E-state index in [4.69, 9.17) is 4.74 Å². The molecular formula is C32H30Br4O. The Morgan fingerprint density at radius 2 is 0.946 bits per heavy atom. The molecular weight excluding hydrogens is 720 g/mol. The van der Waals surface area contributed by atoms with Gasteiger partial charge in [0.05, 0.1) is 0 Å². The van der Waals surface area contributed by atoms with Gasteiger partial charge in [-0.3, -0.25) is 0 Å². The fourth-order valence-corrected chi connectivity index (χ4v) is 6.80. The second kappa shape index (κ2) is 14.8. The molecule has 0 saturated heterocycles. The van der Waals surface area contributed by atoms with Crippen molar-refractivity contribution in [2.75, 3.05) is 13.2 Å². The molecule has 5 heteroatoms. The maximum atomic E-state index is 6.14. The summed E-state index contributed by atoms with van der Waals surface area (Å²) >= 11 is 14.8. The molecule has 4 rings (SSSR count). The van der Waals surface area contributed by atoms with Crippen molar-refractivity contribution in [2.24, 2.45) is 0 Å². The highest BCUT2D eigenvalue weighted by molar-refractivity contribution is 9.11. The van der Waals surface area contributed by atoms with Crippen molar-refractivity contribution in [3.8, 4) is 0 Å². The van der Waals surface area contributed by atoms with E-state index >= 15 is 0 Å². The molecule has 4 aromatic carbocycles. The third-order valence-electron chi connectivity index (χ3n) is 6.63. The van der Waals surface area contributed by atoms with E-state index in [0.29, 0.717) is 11.8 Å². The highest BCUT2D eigenvalue weighted by Crippen LogP contribution is 2.36. The van der Waals surface area contributed by atoms with Crippen LogP contribution in [0, 0.1) is 0 Å². The number of halogens is 4. The molecule has 0 aliphatic rings. The molecule has 0 fully saturated rings. The summed E-state index contributed by atoms with van der Waals surface area (Å²) in [5.41, 5.74) is 5.30. The van der Waals surface area contributed by atoms with Gasteiger partial charge in [-0.25, -0.2) is 0 Å². The lowest BCUT2D eigenvalue weighted by atomic mass is 9.87. The van der Waals surface area contributed by atoms with Crippen molar-refractivity contribution in [1.29, 1.82) is 0 Å². The molecule has 0 aliphatic carbocycles. The molecule has 192 valence electrons. The van der Waals surface area contributed by atoms with E-state index in [1.807, 2.05) is 0 Å². The first-order chi connectivity index (χ1) is 18.0. The van der Waals surface area contributed by atoms with Gasteiger partial charge in [0.25, 0.3) is 0 Å². The Morgan fingerprint density at radius 3 is 1.35 bits per heavy atom. The molecule has 0 N–H and O–H groups in total. The predicted molar refractivity (Wildman–Crippen MR) is 170 cm³/mol. The number of ether oxygens (including phenoxy) is 1. The van der Waals surface area contributed by atoms with Gasteiger partial charge in [0.2, 0.25) is 0 Å². The average Bonchev–Trinajstić information content (AvgIpc) is 2.89. The van der Waals surface area contributed by atoms with Crippen LogP contribution in [-0.4, -0.2) is 13.2 Å². The topological polar surface area (TPSA) is 9.23 Å². The summed E-state index contributed by atoms with van der Waals surface area (Å²) in [6, 6.07) is 34.4. The summed E-state index contributed by atoms with van der Waals surface area (Å²) in [5, 5.41) is 0. The summed E-state index contributed by atoms with van der Waals surface area (Å²) < 4.78 is 10.7. The van der Waals surface area contributed by atoms with Crippen LogP contribution in [0.3, 0.4) is 0 Å². The van der Waals surface area contributed by atoms with E-state index in [1.165, 1.54) is 22.3 Å². The monoisotopic (exact) mass is 746 g/mol. The molecule has 0 heterocycles. The number of benzene rings is 4. The normalized spacial score (nSPS) is 12.9. The number of hydrogen-bond donors (Lipinski definition) is 0. The Balaban J connectivity index is 1.33. The van der Waals surface area contributed by atoms with Crippen LogP contribution in [0.2, 0.25) is 0 Å². The number of hydrogen-bond acceptors (Lipinski definition) is 1. The van der Waals surface area contributed by atoms with Crippen molar-refractivity contribution in [2.45, 2.75) is 37.5 Å². The lowest BCUT2D eigenvalue weighted by molar-refractivity contribution is 0.125. The van der Waals surface area contributed by atoms with Crippen LogP contribution >= 0.6 is 63.7 Å².